The Morgan fingerprint density at radius 1 is 0.857 bits per heavy atom. The molecule has 0 amide bonds. The van der Waals surface area contributed by atoms with Gasteiger partial charge < -0.3 is 24.1 Å². The highest BCUT2D eigenvalue weighted by atomic mass is 35.5. The number of azide groups is 1. The molecule has 0 saturated carbocycles. The third-order valence-electron chi connectivity index (χ3n) is 5.86. The topological polar surface area (TPSA) is 106 Å². The van der Waals surface area contributed by atoms with Crippen LogP contribution in [0.15, 0.2) is 65.8 Å². The number of halogens is 1. The third kappa shape index (κ3) is 8.78. The van der Waals surface area contributed by atoms with Gasteiger partial charge in [-0.3, -0.25) is 0 Å². The lowest BCUT2D eigenvalue weighted by molar-refractivity contribution is -0.283. The Morgan fingerprint density at radius 2 is 1.46 bits per heavy atom. The first-order valence-corrected chi connectivity index (χ1v) is 12.6. The number of hydrogen-bond donors (Lipinski definition) is 1. The summed E-state index contributed by atoms with van der Waals surface area (Å²) < 4.78 is 24.5. The molecule has 0 unspecified atom stereocenters. The molecule has 3 rings (SSSR count). The maximum Gasteiger partial charge on any atom is 0.169 e. The molecule has 1 N–H and O–H groups in total. The van der Waals surface area contributed by atoms with Gasteiger partial charge in [0.2, 0.25) is 0 Å². The molecule has 0 aliphatic carbocycles. The van der Waals surface area contributed by atoms with E-state index in [0.717, 1.165) is 36.8 Å². The molecule has 9 heteroatoms. The van der Waals surface area contributed by atoms with Crippen LogP contribution in [0.1, 0.15) is 36.8 Å². The average Bonchev–Trinajstić information content (AvgIpc) is 2.90. The highest BCUT2D eigenvalue weighted by Crippen LogP contribution is 2.30. The average molecular weight is 504 g/mol. The Bertz CT molecular complexity index is 885. The van der Waals surface area contributed by atoms with Gasteiger partial charge in [0.15, 0.2) is 6.29 Å². The van der Waals surface area contributed by atoms with Crippen LogP contribution in [-0.2, 0) is 32.2 Å². The third-order valence-corrected chi connectivity index (χ3v) is 6.13. The fraction of sp³-hybridized carbons (Fsp3) is 0.538. The zero-order valence-corrected chi connectivity index (χ0v) is 20.6. The molecule has 2 aromatic rings. The highest BCUT2D eigenvalue weighted by Gasteiger charge is 2.47. The van der Waals surface area contributed by atoms with E-state index in [0.29, 0.717) is 19.1 Å². The number of rotatable bonds is 15. The van der Waals surface area contributed by atoms with E-state index in [1.54, 1.807) is 0 Å². The quantitative estimate of drug-likeness (QED) is 0.116. The van der Waals surface area contributed by atoms with Crippen LogP contribution in [0.5, 0.6) is 0 Å². The van der Waals surface area contributed by atoms with E-state index in [1.807, 2.05) is 60.7 Å². The first-order valence-electron chi connectivity index (χ1n) is 12.1. The molecular weight excluding hydrogens is 470 g/mol. The number of alkyl halides is 1. The van der Waals surface area contributed by atoms with Crippen molar-refractivity contribution in [3.05, 3.63) is 82.2 Å². The predicted molar refractivity (Wildman–Crippen MR) is 134 cm³/mol. The van der Waals surface area contributed by atoms with Gasteiger partial charge in [0, 0.05) is 17.4 Å². The van der Waals surface area contributed by atoms with Gasteiger partial charge >= 0.3 is 0 Å². The van der Waals surface area contributed by atoms with Crippen molar-refractivity contribution < 1.29 is 24.1 Å². The first-order chi connectivity index (χ1) is 17.3. The van der Waals surface area contributed by atoms with E-state index in [9.17, 15) is 10.6 Å². The maximum atomic E-state index is 10.1. The van der Waals surface area contributed by atoms with E-state index >= 15 is 0 Å². The monoisotopic (exact) mass is 503 g/mol. The van der Waals surface area contributed by atoms with Gasteiger partial charge in [-0.15, -0.1) is 11.6 Å². The van der Waals surface area contributed by atoms with Crippen molar-refractivity contribution in [3.8, 4) is 0 Å². The van der Waals surface area contributed by atoms with Crippen molar-refractivity contribution in [2.45, 2.75) is 69.5 Å². The second-order valence-electron chi connectivity index (χ2n) is 8.42. The second-order valence-corrected chi connectivity index (χ2v) is 8.80. The van der Waals surface area contributed by atoms with Crippen LogP contribution in [0, 0.1) is 0 Å². The van der Waals surface area contributed by atoms with Crippen LogP contribution in [0.25, 0.3) is 10.4 Å². The Labute approximate surface area is 211 Å². The van der Waals surface area contributed by atoms with Gasteiger partial charge in [-0.05, 0) is 29.5 Å². The van der Waals surface area contributed by atoms with E-state index in [2.05, 4.69) is 10.0 Å². The van der Waals surface area contributed by atoms with Crippen molar-refractivity contribution >= 4 is 11.6 Å². The molecular formula is C26H34ClN3O5. The molecule has 0 spiro atoms. The van der Waals surface area contributed by atoms with E-state index in [-0.39, 0.29) is 13.2 Å². The Morgan fingerprint density at radius 3 is 2.03 bits per heavy atom. The van der Waals surface area contributed by atoms with E-state index in [1.165, 1.54) is 0 Å². The molecule has 190 valence electrons. The molecule has 0 bridgehead atoms. The highest BCUT2D eigenvalue weighted by molar-refractivity contribution is 6.17. The molecule has 5 atom stereocenters. The van der Waals surface area contributed by atoms with Gasteiger partial charge in [0.05, 0.1) is 19.8 Å². The zero-order valence-electron chi connectivity index (χ0n) is 19.8. The van der Waals surface area contributed by atoms with Crippen LogP contribution in [0.4, 0.5) is 0 Å². The van der Waals surface area contributed by atoms with Gasteiger partial charge in [-0.2, -0.15) is 0 Å². The van der Waals surface area contributed by atoms with Crippen LogP contribution in [-0.4, -0.2) is 54.8 Å². The fourth-order valence-electron chi connectivity index (χ4n) is 4.03. The minimum atomic E-state index is -0.853. The summed E-state index contributed by atoms with van der Waals surface area (Å²) in [6.07, 6.45) is 0.893. The van der Waals surface area contributed by atoms with Crippen LogP contribution >= 0.6 is 11.6 Å². The van der Waals surface area contributed by atoms with Crippen molar-refractivity contribution in [2.75, 3.05) is 19.1 Å². The lowest BCUT2D eigenvalue weighted by atomic mass is 9.96. The van der Waals surface area contributed by atoms with Crippen molar-refractivity contribution in [1.29, 1.82) is 0 Å². The fourth-order valence-corrected chi connectivity index (χ4v) is 4.22. The van der Waals surface area contributed by atoms with Gasteiger partial charge in [-0.25, -0.2) is 0 Å². The summed E-state index contributed by atoms with van der Waals surface area (Å²) in [6, 6.07) is 18.7. The molecule has 1 fully saturated rings. The van der Waals surface area contributed by atoms with Crippen molar-refractivity contribution in [1.82, 2.24) is 0 Å². The van der Waals surface area contributed by atoms with Gasteiger partial charge in [0.25, 0.3) is 0 Å². The number of nitrogens with zero attached hydrogens (tertiary/aromatic N) is 3. The Balaban J connectivity index is 1.75. The number of ether oxygens (including phenoxy) is 4. The lowest BCUT2D eigenvalue weighted by Gasteiger charge is -2.44. The second kappa shape index (κ2) is 15.8. The first kappa shape index (κ1) is 27.4. The minimum Gasteiger partial charge on any atom is -0.394 e. The summed E-state index contributed by atoms with van der Waals surface area (Å²) in [4.78, 5) is 3.04. The SMILES string of the molecule is [N-]=[N+]=N[C@H]1[C@H](OCCCCCCCl)O[C@H](CO)[C@@H](OCc2ccccc2)[C@@H]1OCc1ccccc1. The number of unbranched alkanes of at least 4 members (excludes halogenated alkanes) is 3. The standard InChI is InChI=1S/C26H34ClN3O5/c27-15-9-1-2-10-16-32-26-23(29-30-28)25(34-19-21-13-7-4-8-14-21)24(22(17-31)35-26)33-18-20-11-5-3-6-12-20/h3-8,11-14,22-26,31H,1-2,9-10,15-19H2/t22-,23-,24-,25-,26-/m1/s1. The van der Waals surface area contributed by atoms with Crippen LogP contribution < -0.4 is 0 Å². The largest absolute Gasteiger partial charge is 0.394 e. The summed E-state index contributed by atoms with van der Waals surface area (Å²) >= 11 is 5.74. The molecule has 0 aromatic heterocycles. The lowest BCUT2D eigenvalue weighted by Crippen LogP contribution is -2.60. The molecule has 2 aromatic carbocycles. The molecule has 1 saturated heterocycles. The summed E-state index contributed by atoms with van der Waals surface area (Å²) in [5.74, 6) is 0.647. The molecule has 1 aliphatic rings. The maximum absolute atomic E-state index is 10.1. The molecule has 1 aliphatic heterocycles. The number of aliphatic hydroxyl groups excluding tert-OH is 1. The zero-order chi connectivity index (χ0) is 24.7. The normalized spacial score (nSPS) is 24.1. The number of aliphatic hydroxyl groups is 1. The summed E-state index contributed by atoms with van der Waals surface area (Å²) in [5.41, 5.74) is 11.3. The Kier molecular flexibility index (Phi) is 12.3. The molecule has 1 heterocycles. The number of benzene rings is 2. The van der Waals surface area contributed by atoms with Crippen molar-refractivity contribution in [3.63, 3.8) is 0 Å². The minimum absolute atomic E-state index is 0.288. The Hall–Kier alpha value is -2.16. The summed E-state index contributed by atoms with van der Waals surface area (Å²) in [7, 11) is 0. The summed E-state index contributed by atoms with van der Waals surface area (Å²) in [5, 5.41) is 14.1. The molecule has 35 heavy (non-hydrogen) atoms. The predicted octanol–water partition coefficient (Wildman–Crippen LogP) is 5.37. The van der Waals surface area contributed by atoms with Crippen molar-refractivity contribution in [2.24, 2.45) is 5.11 Å². The van der Waals surface area contributed by atoms with Crippen LogP contribution in [0.3, 0.4) is 0 Å². The van der Waals surface area contributed by atoms with E-state index < -0.39 is 30.6 Å². The molecule has 0 radical (unpaired) electrons. The van der Waals surface area contributed by atoms with E-state index in [4.69, 9.17) is 30.5 Å². The van der Waals surface area contributed by atoms with Gasteiger partial charge in [0.1, 0.15) is 24.4 Å². The molecule has 8 nitrogen and oxygen atoms in total. The smallest absolute Gasteiger partial charge is 0.169 e. The number of hydrogen-bond acceptors (Lipinski definition) is 6. The van der Waals surface area contributed by atoms with Crippen LogP contribution in [0.2, 0.25) is 0 Å². The summed E-state index contributed by atoms with van der Waals surface area (Å²) in [6.45, 7) is 0.732. The van der Waals surface area contributed by atoms with Gasteiger partial charge in [-0.1, -0.05) is 78.6 Å².